The van der Waals surface area contributed by atoms with Gasteiger partial charge < -0.3 is 20.3 Å². The van der Waals surface area contributed by atoms with Crippen LogP contribution in [0.1, 0.15) is 27.7 Å². The van der Waals surface area contributed by atoms with Crippen LogP contribution < -0.4 is 15.4 Å². The van der Waals surface area contributed by atoms with Crippen molar-refractivity contribution in [3.63, 3.8) is 0 Å². The number of rotatable bonds is 10. The molecular formula is C18H25N5O3S. The second kappa shape index (κ2) is 10.6. The molecule has 2 aromatic rings. The lowest BCUT2D eigenvalue weighted by Gasteiger charge is -2.09. The molecule has 2 rings (SSSR count). The molecule has 1 heterocycles. The number of carbonyl (C=O) groups is 2. The molecule has 0 aliphatic rings. The van der Waals surface area contributed by atoms with E-state index in [1.165, 1.54) is 11.3 Å². The SMILES string of the molecule is COc1ccc(NC(=O)c2nnc(CCCC(=O)NCCN(C)C)s2)cc1. The Hall–Kier alpha value is -2.52. The van der Waals surface area contributed by atoms with Gasteiger partial charge in [-0.1, -0.05) is 11.3 Å². The van der Waals surface area contributed by atoms with Crippen molar-refractivity contribution in [2.24, 2.45) is 0 Å². The Balaban J connectivity index is 1.75. The first kappa shape index (κ1) is 20.8. The summed E-state index contributed by atoms with van der Waals surface area (Å²) in [6.07, 6.45) is 1.72. The third kappa shape index (κ3) is 7.32. The Kier molecular flexibility index (Phi) is 8.15. The normalized spacial score (nSPS) is 10.7. The van der Waals surface area contributed by atoms with Gasteiger partial charge in [-0.05, 0) is 44.8 Å². The quantitative estimate of drug-likeness (QED) is 0.641. The highest BCUT2D eigenvalue weighted by Crippen LogP contribution is 2.18. The number of nitrogens with one attached hydrogen (secondary N) is 2. The summed E-state index contributed by atoms with van der Waals surface area (Å²) < 4.78 is 5.08. The molecule has 1 aromatic carbocycles. The van der Waals surface area contributed by atoms with Crippen LogP contribution in [0, 0.1) is 0 Å². The zero-order chi connectivity index (χ0) is 19.6. The van der Waals surface area contributed by atoms with Crippen LogP contribution in [0.3, 0.4) is 0 Å². The summed E-state index contributed by atoms with van der Waals surface area (Å²) in [5.74, 6) is 0.445. The molecule has 0 saturated heterocycles. The molecule has 9 heteroatoms. The molecule has 0 fully saturated rings. The highest BCUT2D eigenvalue weighted by Gasteiger charge is 2.13. The lowest BCUT2D eigenvalue weighted by Crippen LogP contribution is -2.31. The molecule has 2 amide bonds. The van der Waals surface area contributed by atoms with Crippen molar-refractivity contribution in [2.45, 2.75) is 19.3 Å². The Bertz CT molecular complexity index is 746. The molecule has 146 valence electrons. The minimum atomic E-state index is -0.301. The minimum Gasteiger partial charge on any atom is -0.497 e. The number of aryl methyl sites for hydroxylation is 1. The van der Waals surface area contributed by atoms with E-state index >= 15 is 0 Å². The Morgan fingerprint density at radius 3 is 2.59 bits per heavy atom. The molecule has 1 aromatic heterocycles. The summed E-state index contributed by atoms with van der Waals surface area (Å²) in [5, 5.41) is 14.7. The van der Waals surface area contributed by atoms with Crippen LogP contribution in [-0.4, -0.2) is 61.2 Å². The molecule has 0 radical (unpaired) electrons. The Morgan fingerprint density at radius 2 is 1.93 bits per heavy atom. The van der Waals surface area contributed by atoms with Crippen LogP contribution in [0.5, 0.6) is 5.75 Å². The van der Waals surface area contributed by atoms with Crippen molar-refractivity contribution in [2.75, 3.05) is 39.6 Å². The van der Waals surface area contributed by atoms with E-state index in [2.05, 4.69) is 20.8 Å². The molecule has 0 unspecified atom stereocenters. The fourth-order valence-electron chi connectivity index (χ4n) is 2.21. The monoisotopic (exact) mass is 391 g/mol. The summed E-state index contributed by atoms with van der Waals surface area (Å²) in [6, 6.07) is 7.05. The topological polar surface area (TPSA) is 96.5 Å². The summed E-state index contributed by atoms with van der Waals surface area (Å²) in [5.41, 5.74) is 0.659. The molecule has 0 saturated carbocycles. The zero-order valence-electron chi connectivity index (χ0n) is 15.8. The van der Waals surface area contributed by atoms with Gasteiger partial charge in [-0.15, -0.1) is 10.2 Å². The molecule has 0 atom stereocenters. The van der Waals surface area contributed by atoms with E-state index in [1.54, 1.807) is 31.4 Å². The van der Waals surface area contributed by atoms with Crippen LogP contribution in [-0.2, 0) is 11.2 Å². The first-order chi connectivity index (χ1) is 13.0. The smallest absolute Gasteiger partial charge is 0.286 e. The maximum Gasteiger partial charge on any atom is 0.286 e. The Morgan fingerprint density at radius 1 is 1.19 bits per heavy atom. The van der Waals surface area contributed by atoms with Crippen molar-refractivity contribution in [1.29, 1.82) is 0 Å². The number of carbonyl (C=O) groups excluding carboxylic acids is 2. The van der Waals surface area contributed by atoms with Gasteiger partial charge in [-0.25, -0.2) is 0 Å². The molecule has 0 spiro atoms. The fourth-order valence-corrected chi connectivity index (χ4v) is 2.99. The largest absolute Gasteiger partial charge is 0.497 e. The number of likely N-dealkylation sites (N-methyl/N-ethyl adjacent to an activating group) is 1. The number of anilines is 1. The third-order valence-electron chi connectivity index (χ3n) is 3.68. The highest BCUT2D eigenvalue weighted by atomic mass is 32.1. The minimum absolute atomic E-state index is 0.0267. The average molecular weight is 391 g/mol. The predicted molar refractivity (Wildman–Crippen MR) is 105 cm³/mol. The van der Waals surface area contributed by atoms with Gasteiger partial charge in [0, 0.05) is 31.6 Å². The molecule has 0 aliphatic carbocycles. The van der Waals surface area contributed by atoms with Crippen LogP contribution in [0.4, 0.5) is 5.69 Å². The van der Waals surface area contributed by atoms with Crippen molar-refractivity contribution in [3.8, 4) is 5.75 Å². The van der Waals surface area contributed by atoms with E-state index in [4.69, 9.17) is 4.74 Å². The van der Waals surface area contributed by atoms with Crippen LogP contribution in [0.2, 0.25) is 0 Å². The molecule has 27 heavy (non-hydrogen) atoms. The number of nitrogens with zero attached hydrogens (tertiary/aromatic N) is 3. The summed E-state index contributed by atoms with van der Waals surface area (Å²) in [4.78, 5) is 26.0. The first-order valence-corrected chi connectivity index (χ1v) is 9.49. The number of benzene rings is 1. The Labute approximate surface area is 162 Å². The van der Waals surface area contributed by atoms with E-state index in [0.29, 0.717) is 36.5 Å². The highest BCUT2D eigenvalue weighted by molar-refractivity contribution is 7.13. The summed E-state index contributed by atoms with van der Waals surface area (Å²) in [6.45, 7) is 1.45. The number of aromatic nitrogens is 2. The summed E-state index contributed by atoms with van der Waals surface area (Å²) in [7, 11) is 5.51. The van der Waals surface area contributed by atoms with E-state index < -0.39 is 0 Å². The van der Waals surface area contributed by atoms with E-state index in [0.717, 1.165) is 17.3 Å². The second-order valence-electron chi connectivity index (χ2n) is 6.19. The number of amides is 2. The molecular weight excluding hydrogens is 366 g/mol. The number of hydrogen-bond acceptors (Lipinski definition) is 7. The van der Waals surface area contributed by atoms with Crippen LogP contribution in [0.15, 0.2) is 24.3 Å². The lowest BCUT2D eigenvalue weighted by molar-refractivity contribution is -0.121. The maximum atomic E-state index is 12.2. The summed E-state index contributed by atoms with van der Waals surface area (Å²) >= 11 is 1.24. The van der Waals surface area contributed by atoms with Gasteiger partial charge in [0.1, 0.15) is 10.8 Å². The lowest BCUT2D eigenvalue weighted by atomic mass is 10.2. The van der Waals surface area contributed by atoms with Gasteiger partial charge >= 0.3 is 0 Å². The predicted octanol–water partition coefficient (Wildman–Crippen LogP) is 1.80. The van der Waals surface area contributed by atoms with E-state index in [1.807, 2.05) is 19.0 Å². The van der Waals surface area contributed by atoms with Gasteiger partial charge in [-0.3, -0.25) is 9.59 Å². The third-order valence-corrected chi connectivity index (χ3v) is 4.67. The molecule has 8 nitrogen and oxygen atoms in total. The van der Waals surface area contributed by atoms with Gasteiger partial charge in [0.05, 0.1) is 7.11 Å². The van der Waals surface area contributed by atoms with Crippen molar-refractivity contribution >= 4 is 28.8 Å². The zero-order valence-corrected chi connectivity index (χ0v) is 16.6. The molecule has 2 N–H and O–H groups in total. The fraction of sp³-hybridized carbons (Fsp3) is 0.444. The number of methoxy groups -OCH3 is 1. The number of ether oxygens (including phenoxy) is 1. The van der Waals surface area contributed by atoms with Gasteiger partial charge in [0.2, 0.25) is 10.9 Å². The van der Waals surface area contributed by atoms with E-state index in [9.17, 15) is 9.59 Å². The maximum absolute atomic E-state index is 12.2. The average Bonchev–Trinajstić information content (AvgIpc) is 3.11. The molecule has 0 aliphatic heterocycles. The van der Waals surface area contributed by atoms with Gasteiger partial charge in [-0.2, -0.15) is 0 Å². The number of hydrogen-bond donors (Lipinski definition) is 2. The van der Waals surface area contributed by atoms with E-state index in [-0.39, 0.29) is 11.8 Å². The van der Waals surface area contributed by atoms with Crippen LogP contribution in [0.25, 0.3) is 0 Å². The van der Waals surface area contributed by atoms with Crippen molar-refractivity contribution in [3.05, 3.63) is 34.3 Å². The first-order valence-electron chi connectivity index (χ1n) is 8.67. The standard InChI is InChI=1S/C18H25N5O3S/c1-23(2)12-11-19-15(24)5-4-6-16-21-22-18(27-16)17(25)20-13-7-9-14(26-3)10-8-13/h7-10H,4-6,11-12H2,1-3H3,(H,19,24)(H,20,25). The second-order valence-corrected chi connectivity index (χ2v) is 7.25. The molecule has 0 bridgehead atoms. The van der Waals surface area contributed by atoms with Crippen LogP contribution >= 0.6 is 11.3 Å². The van der Waals surface area contributed by atoms with Gasteiger partial charge in [0.15, 0.2) is 0 Å². The van der Waals surface area contributed by atoms with Crippen molar-refractivity contribution in [1.82, 2.24) is 20.4 Å². The van der Waals surface area contributed by atoms with Crippen molar-refractivity contribution < 1.29 is 14.3 Å². The van der Waals surface area contributed by atoms with Gasteiger partial charge in [0.25, 0.3) is 5.91 Å².